The van der Waals surface area contributed by atoms with Crippen molar-refractivity contribution in [1.29, 1.82) is 0 Å². The molecule has 1 aromatic carbocycles. The Morgan fingerprint density at radius 1 is 0.742 bits per heavy atom. The Hall–Kier alpha value is -1.39. The molecule has 0 bridgehead atoms. The van der Waals surface area contributed by atoms with Crippen LogP contribution in [0, 0.1) is 0 Å². The molecule has 1 rings (SSSR count). The van der Waals surface area contributed by atoms with Gasteiger partial charge in [-0.25, -0.2) is 0 Å². The summed E-state index contributed by atoms with van der Waals surface area (Å²) in [6.45, 7) is 7.20. The number of carbonyl (C=O) groups excluding carboxylic acids is 1. The lowest BCUT2D eigenvalue weighted by atomic mass is 10.1. The molecule has 0 saturated carbocycles. The Morgan fingerprint density at radius 3 is 1.74 bits per heavy atom. The minimum Gasteiger partial charge on any atom is -0.355 e. The Kier molecular flexibility index (Phi) is 23.8. The first-order chi connectivity index (χ1) is 15.2. The van der Waals surface area contributed by atoms with Gasteiger partial charge in [0.15, 0.2) is 0 Å². The molecule has 0 unspecified atom stereocenters. The van der Waals surface area contributed by atoms with Crippen LogP contribution < -0.4 is 16.4 Å². The fraction of sp³-hybridized carbons (Fsp3) is 0.741. The summed E-state index contributed by atoms with van der Waals surface area (Å²) >= 11 is 0. The second kappa shape index (κ2) is 24.9. The number of amides is 1. The Balaban J connectivity index is 0.00000161. The monoisotopic (exact) mass is 433 g/mol. The third-order valence-electron chi connectivity index (χ3n) is 5.37. The lowest BCUT2D eigenvalue weighted by Crippen LogP contribution is -2.34. The molecule has 0 aliphatic heterocycles. The minimum atomic E-state index is 0.101. The maximum absolute atomic E-state index is 11.8. The number of hydrogen-bond acceptors (Lipinski definition) is 3. The van der Waals surface area contributed by atoms with Crippen molar-refractivity contribution < 1.29 is 4.79 Å². The first-order valence-electron chi connectivity index (χ1n) is 13.0. The first kappa shape index (κ1) is 29.6. The molecule has 4 heteroatoms. The summed E-state index contributed by atoms with van der Waals surface area (Å²) in [5.41, 5.74) is 6.35. The molecule has 0 radical (unpaired) electrons. The van der Waals surface area contributed by atoms with Crippen LogP contribution in [0.1, 0.15) is 109 Å². The van der Waals surface area contributed by atoms with Crippen molar-refractivity contribution in [3.05, 3.63) is 35.9 Å². The van der Waals surface area contributed by atoms with Gasteiger partial charge in [0.25, 0.3) is 0 Å². The van der Waals surface area contributed by atoms with Gasteiger partial charge in [-0.2, -0.15) is 0 Å². The standard InChI is InChI=1S/C23H40N2O.C4H11N/c1-2-3-4-5-6-7-8-9-10-11-12-16-19-25-23(26)21-24-20-22-17-14-13-15-18-22;1-2-3-4-5/h13-15,17-18,24H,2-12,16,19-21H2,1H3,(H,25,26);2-5H2,1H3. The molecular formula is C27H51N3O. The van der Waals surface area contributed by atoms with E-state index in [1.165, 1.54) is 89.0 Å². The molecular weight excluding hydrogens is 382 g/mol. The van der Waals surface area contributed by atoms with E-state index in [9.17, 15) is 4.79 Å². The van der Waals surface area contributed by atoms with E-state index in [4.69, 9.17) is 5.73 Å². The van der Waals surface area contributed by atoms with Gasteiger partial charge in [-0.15, -0.1) is 0 Å². The van der Waals surface area contributed by atoms with Crippen molar-refractivity contribution in [2.45, 2.75) is 110 Å². The second-order valence-corrected chi connectivity index (χ2v) is 8.47. The van der Waals surface area contributed by atoms with Crippen molar-refractivity contribution in [3.8, 4) is 0 Å². The normalized spacial score (nSPS) is 10.4. The lowest BCUT2D eigenvalue weighted by Gasteiger charge is -2.07. The molecule has 1 aromatic rings. The van der Waals surface area contributed by atoms with Crippen LogP contribution in [0.5, 0.6) is 0 Å². The molecule has 180 valence electrons. The van der Waals surface area contributed by atoms with Crippen LogP contribution in [-0.4, -0.2) is 25.5 Å². The van der Waals surface area contributed by atoms with E-state index in [-0.39, 0.29) is 5.91 Å². The molecule has 0 spiro atoms. The molecule has 0 saturated heterocycles. The predicted molar refractivity (Wildman–Crippen MR) is 136 cm³/mol. The van der Waals surface area contributed by atoms with Crippen LogP contribution >= 0.6 is 0 Å². The van der Waals surface area contributed by atoms with E-state index in [1.807, 2.05) is 18.2 Å². The van der Waals surface area contributed by atoms with Crippen LogP contribution in [0.25, 0.3) is 0 Å². The fourth-order valence-electron chi connectivity index (χ4n) is 3.38. The van der Waals surface area contributed by atoms with Gasteiger partial charge < -0.3 is 16.4 Å². The van der Waals surface area contributed by atoms with Gasteiger partial charge in [-0.3, -0.25) is 4.79 Å². The molecule has 0 aromatic heterocycles. The molecule has 31 heavy (non-hydrogen) atoms. The maximum atomic E-state index is 11.8. The van der Waals surface area contributed by atoms with Crippen molar-refractivity contribution >= 4 is 5.91 Å². The van der Waals surface area contributed by atoms with E-state index in [1.54, 1.807) is 0 Å². The van der Waals surface area contributed by atoms with E-state index < -0.39 is 0 Å². The predicted octanol–water partition coefficient (Wildman–Crippen LogP) is 6.34. The number of carbonyl (C=O) groups is 1. The summed E-state index contributed by atoms with van der Waals surface area (Å²) in [6, 6.07) is 10.2. The van der Waals surface area contributed by atoms with Gasteiger partial charge in [0.05, 0.1) is 6.54 Å². The highest BCUT2D eigenvalue weighted by Gasteiger charge is 2.00. The SMILES string of the molecule is CCCCCCCCCCCCCCNC(=O)CNCc1ccccc1.CCCCN. The molecule has 1 amide bonds. The number of benzene rings is 1. The molecule has 0 aliphatic rings. The van der Waals surface area contributed by atoms with Gasteiger partial charge in [0.2, 0.25) is 5.91 Å². The van der Waals surface area contributed by atoms with Gasteiger partial charge in [0, 0.05) is 13.1 Å². The first-order valence-corrected chi connectivity index (χ1v) is 13.0. The Morgan fingerprint density at radius 2 is 1.26 bits per heavy atom. The number of hydrogen-bond donors (Lipinski definition) is 3. The van der Waals surface area contributed by atoms with Gasteiger partial charge in [-0.05, 0) is 24.9 Å². The summed E-state index contributed by atoms with van der Waals surface area (Å²) in [5, 5.41) is 6.19. The summed E-state index contributed by atoms with van der Waals surface area (Å²) < 4.78 is 0. The molecule has 0 aliphatic carbocycles. The van der Waals surface area contributed by atoms with E-state index in [2.05, 4.69) is 36.6 Å². The highest BCUT2D eigenvalue weighted by Crippen LogP contribution is 2.11. The van der Waals surface area contributed by atoms with Crippen molar-refractivity contribution in [1.82, 2.24) is 10.6 Å². The summed E-state index contributed by atoms with van der Waals surface area (Å²) in [7, 11) is 0. The highest BCUT2D eigenvalue weighted by molar-refractivity contribution is 5.77. The quantitative estimate of drug-likeness (QED) is 0.223. The number of rotatable bonds is 19. The fourth-order valence-corrected chi connectivity index (χ4v) is 3.38. The van der Waals surface area contributed by atoms with E-state index in [0.29, 0.717) is 6.54 Å². The average Bonchev–Trinajstić information content (AvgIpc) is 2.78. The molecule has 4 nitrogen and oxygen atoms in total. The Labute approximate surface area is 193 Å². The zero-order chi connectivity index (χ0) is 22.8. The van der Waals surface area contributed by atoms with Crippen molar-refractivity contribution in [2.75, 3.05) is 19.6 Å². The lowest BCUT2D eigenvalue weighted by molar-refractivity contribution is -0.120. The second-order valence-electron chi connectivity index (χ2n) is 8.47. The van der Waals surface area contributed by atoms with Gasteiger partial charge in [0.1, 0.15) is 0 Å². The van der Waals surface area contributed by atoms with Crippen molar-refractivity contribution in [2.24, 2.45) is 5.73 Å². The minimum absolute atomic E-state index is 0.101. The summed E-state index contributed by atoms with van der Waals surface area (Å²) in [4.78, 5) is 11.8. The van der Waals surface area contributed by atoms with Crippen LogP contribution in [0.4, 0.5) is 0 Å². The van der Waals surface area contributed by atoms with Gasteiger partial charge in [-0.1, -0.05) is 121 Å². The molecule has 4 N–H and O–H groups in total. The van der Waals surface area contributed by atoms with Crippen LogP contribution in [0.15, 0.2) is 30.3 Å². The number of nitrogens with two attached hydrogens (primary N) is 1. The smallest absolute Gasteiger partial charge is 0.233 e. The maximum Gasteiger partial charge on any atom is 0.233 e. The zero-order valence-corrected chi connectivity index (χ0v) is 20.6. The number of unbranched alkanes of at least 4 members (excludes halogenated alkanes) is 12. The summed E-state index contributed by atoms with van der Waals surface area (Å²) in [6.07, 6.45) is 18.6. The summed E-state index contributed by atoms with van der Waals surface area (Å²) in [5.74, 6) is 0.101. The van der Waals surface area contributed by atoms with Gasteiger partial charge >= 0.3 is 0 Å². The van der Waals surface area contributed by atoms with Crippen LogP contribution in [0.3, 0.4) is 0 Å². The third-order valence-corrected chi connectivity index (χ3v) is 5.37. The number of nitrogens with one attached hydrogen (secondary N) is 2. The average molecular weight is 434 g/mol. The molecule has 0 fully saturated rings. The van der Waals surface area contributed by atoms with Crippen LogP contribution in [-0.2, 0) is 11.3 Å². The van der Waals surface area contributed by atoms with Crippen molar-refractivity contribution in [3.63, 3.8) is 0 Å². The van der Waals surface area contributed by atoms with Crippen LogP contribution in [0.2, 0.25) is 0 Å². The van der Waals surface area contributed by atoms with E-state index in [0.717, 1.165) is 26.1 Å². The molecule has 0 atom stereocenters. The van der Waals surface area contributed by atoms with E-state index >= 15 is 0 Å². The Bertz CT molecular complexity index is 477. The zero-order valence-electron chi connectivity index (χ0n) is 20.6. The third kappa shape index (κ3) is 23.1. The molecule has 0 heterocycles. The largest absolute Gasteiger partial charge is 0.355 e. The topological polar surface area (TPSA) is 67.2 Å². The highest BCUT2D eigenvalue weighted by atomic mass is 16.1.